The van der Waals surface area contributed by atoms with Crippen LogP contribution < -0.4 is 0 Å². The largest absolute Gasteiger partial charge is 0.481 e. The fraction of sp³-hybridized carbons (Fsp3) is 0.941. The summed E-state index contributed by atoms with van der Waals surface area (Å²) < 4.78 is 0. The lowest BCUT2D eigenvalue weighted by Crippen LogP contribution is -2.48. The summed E-state index contributed by atoms with van der Waals surface area (Å²) in [6, 6.07) is 0.956. The zero-order chi connectivity index (χ0) is 14.8. The molecule has 4 unspecified atom stereocenters. The number of likely N-dealkylation sites (tertiary alicyclic amines) is 2. The van der Waals surface area contributed by atoms with Crippen LogP contribution in [0, 0.1) is 11.8 Å². The molecule has 3 aliphatic rings. The van der Waals surface area contributed by atoms with Gasteiger partial charge in [-0.15, -0.1) is 0 Å². The van der Waals surface area contributed by atoms with Crippen molar-refractivity contribution in [3.8, 4) is 0 Å². The molecule has 0 radical (unpaired) electrons. The third-order valence-corrected chi connectivity index (χ3v) is 5.97. The maximum Gasteiger partial charge on any atom is 0.308 e. The number of nitrogens with zero attached hydrogens (tertiary/aromatic N) is 2. The lowest BCUT2D eigenvalue weighted by Gasteiger charge is -2.39. The van der Waals surface area contributed by atoms with Crippen LogP contribution in [-0.4, -0.2) is 59.1 Å². The van der Waals surface area contributed by atoms with Gasteiger partial charge in [-0.25, -0.2) is 0 Å². The van der Waals surface area contributed by atoms with Gasteiger partial charge in [0.05, 0.1) is 5.92 Å². The minimum Gasteiger partial charge on any atom is -0.481 e. The van der Waals surface area contributed by atoms with Crippen LogP contribution in [0.25, 0.3) is 0 Å². The van der Waals surface area contributed by atoms with Gasteiger partial charge in [0.25, 0.3) is 0 Å². The zero-order valence-corrected chi connectivity index (χ0v) is 13.3. The van der Waals surface area contributed by atoms with E-state index in [1.54, 1.807) is 0 Å². The summed E-state index contributed by atoms with van der Waals surface area (Å²) in [5.41, 5.74) is 0. The van der Waals surface area contributed by atoms with Gasteiger partial charge >= 0.3 is 5.97 Å². The molecule has 4 nitrogen and oxygen atoms in total. The van der Waals surface area contributed by atoms with Crippen molar-refractivity contribution in [2.24, 2.45) is 11.8 Å². The van der Waals surface area contributed by atoms with E-state index >= 15 is 0 Å². The summed E-state index contributed by atoms with van der Waals surface area (Å²) >= 11 is 0. The molecule has 0 aromatic heterocycles. The number of carboxylic acids is 1. The van der Waals surface area contributed by atoms with E-state index in [0.29, 0.717) is 12.0 Å². The topological polar surface area (TPSA) is 43.8 Å². The highest BCUT2D eigenvalue weighted by Gasteiger charge is 2.40. The summed E-state index contributed by atoms with van der Waals surface area (Å²) in [6.07, 6.45) is 8.32. The predicted molar refractivity (Wildman–Crippen MR) is 83.3 cm³/mol. The number of rotatable bonds is 3. The molecule has 2 aliphatic heterocycles. The summed E-state index contributed by atoms with van der Waals surface area (Å²) in [7, 11) is 0. The number of piperidine rings is 1. The average molecular weight is 294 g/mol. The first-order chi connectivity index (χ1) is 10.1. The van der Waals surface area contributed by atoms with Crippen molar-refractivity contribution in [3.05, 3.63) is 0 Å². The monoisotopic (exact) mass is 294 g/mol. The van der Waals surface area contributed by atoms with Crippen LogP contribution in [0.1, 0.15) is 51.9 Å². The molecule has 4 atom stereocenters. The molecule has 1 saturated carbocycles. The van der Waals surface area contributed by atoms with Gasteiger partial charge in [0.15, 0.2) is 0 Å². The first-order valence-corrected chi connectivity index (χ1v) is 8.86. The third kappa shape index (κ3) is 3.42. The number of aliphatic carboxylic acids is 1. The molecule has 2 saturated heterocycles. The van der Waals surface area contributed by atoms with Crippen LogP contribution in [0.5, 0.6) is 0 Å². The Morgan fingerprint density at radius 1 is 1.00 bits per heavy atom. The number of carboxylic acid groups (broad SMARTS) is 1. The smallest absolute Gasteiger partial charge is 0.308 e. The molecule has 21 heavy (non-hydrogen) atoms. The van der Waals surface area contributed by atoms with Crippen LogP contribution in [0.3, 0.4) is 0 Å². The van der Waals surface area contributed by atoms with E-state index in [4.69, 9.17) is 0 Å². The second kappa shape index (κ2) is 6.66. The molecular weight excluding hydrogens is 264 g/mol. The van der Waals surface area contributed by atoms with E-state index in [2.05, 4.69) is 16.7 Å². The standard InChI is InChI=1S/C17H30N2O2/c1-13-5-6-15(17(20)21)16(11-13)19-10-7-14(12-19)18-8-3-2-4-9-18/h13-16H,2-12H2,1H3,(H,20,21). The molecule has 2 heterocycles. The maximum absolute atomic E-state index is 11.6. The highest BCUT2D eigenvalue weighted by atomic mass is 16.4. The molecule has 0 bridgehead atoms. The van der Waals surface area contributed by atoms with Gasteiger partial charge in [0.1, 0.15) is 0 Å². The van der Waals surface area contributed by atoms with E-state index < -0.39 is 5.97 Å². The van der Waals surface area contributed by atoms with Gasteiger partial charge in [-0.3, -0.25) is 14.6 Å². The second-order valence-electron chi connectivity index (χ2n) is 7.46. The Kier molecular flexibility index (Phi) is 4.85. The van der Waals surface area contributed by atoms with E-state index in [1.165, 1.54) is 38.8 Å². The van der Waals surface area contributed by atoms with E-state index in [-0.39, 0.29) is 12.0 Å². The van der Waals surface area contributed by atoms with E-state index in [1.807, 2.05) is 0 Å². The van der Waals surface area contributed by atoms with Crippen LogP contribution in [0.4, 0.5) is 0 Å². The average Bonchev–Trinajstić information content (AvgIpc) is 2.97. The minimum absolute atomic E-state index is 0.138. The van der Waals surface area contributed by atoms with Crippen molar-refractivity contribution in [3.63, 3.8) is 0 Å². The van der Waals surface area contributed by atoms with Crippen molar-refractivity contribution >= 4 is 5.97 Å². The molecule has 1 aliphatic carbocycles. The highest BCUT2D eigenvalue weighted by Crippen LogP contribution is 2.35. The quantitative estimate of drug-likeness (QED) is 0.868. The lowest BCUT2D eigenvalue weighted by atomic mass is 9.78. The first-order valence-electron chi connectivity index (χ1n) is 8.86. The van der Waals surface area contributed by atoms with Crippen molar-refractivity contribution in [1.29, 1.82) is 0 Å². The number of carbonyl (C=O) groups is 1. The molecule has 0 aromatic rings. The van der Waals surface area contributed by atoms with Crippen molar-refractivity contribution in [1.82, 2.24) is 9.80 Å². The van der Waals surface area contributed by atoms with Crippen molar-refractivity contribution < 1.29 is 9.90 Å². The maximum atomic E-state index is 11.6. The summed E-state index contributed by atoms with van der Waals surface area (Å²) in [4.78, 5) is 16.7. The van der Waals surface area contributed by atoms with Gasteiger partial charge < -0.3 is 5.11 Å². The second-order valence-corrected chi connectivity index (χ2v) is 7.46. The van der Waals surface area contributed by atoms with Gasteiger partial charge in [-0.2, -0.15) is 0 Å². The lowest BCUT2D eigenvalue weighted by molar-refractivity contribution is -0.146. The van der Waals surface area contributed by atoms with Crippen LogP contribution >= 0.6 is 0 Å². The summed E-state index contributed by atoms with van der Waals surface area (Å²) in [5, 5.41) is 9.53. The van der Waals surface area contributed by atoms with Gasteiger partial charge in [0.2, 0.25) is 0 Å². The Morgan fingerprint density at radius 2 is 1.76 bits per heavy atom. The van der Waals surface area contributed by atoms with Crippen LogP contribution in [0.2, 0.25) is 0 Å². The normalized spacial score (nSPS) is 39.5. The highest BCUT2D eigenvalue weighted by molar-refractivity contribution is 5.71. The minimum atomic E-state index is -0.576. The Labute approximate surface area is 128 Å². The third-order valence-electron chi connectivity index (χ3n) is 5.97. The van der Waals surface area contributed by atoms with Crippen molar-refractivity contribution in [2.75, 3.05) is 26.2 Å². The molecule has 3 fully saturated rings. The molecular formula is C17H30N2O2. The van der Waals surface area contributed by atoms with Crippen molar-refractivity contribution in [2.45, 2.75) is 64.0 Å². The molecule has 3 rings (SSSR count). The predicted octanol–water partition coefficient (Wildman–Crippen LogP) is 2.44. The van der Waals surface area contributed by atoms with Gasteiger partial charge in [0, 0.05) is 25.2 Å². The summed E-state index contributed by atoms with van der Waals surface area (Å²) in [5.74, 6) is -0.0331. The SMILES string of the molecule is CC1CCC(C(=O)O)C(N2CCC(N3CCCCC3)C2)C1. The first kappa shape index (κ1) is 15.3. The Bertz CT molecular complexity index is 368. The Balaban J connectivity index is 1.61. The molecule has 120 valence electrons. The molecule has 0 aromatic carbocycles. The molecule has 4 heteroatoms. The molecule has 0 amide bonds. The van der Waals surface area contributed by atoms with E-state index in [9.17, 15) is 9.90 Å². The number of hydrogen-bond acceptors (Lipinski definition) is 3. The molecule has 0 spiro atoms. The fourth-order valence-electron chi connectivity index (χ4n) is 4.69. The van der Waals surface area contributed by atoms with Gasteiger partial charge in [-0.05, 0) is 57.5 Å². The van der Waals surface area contributed by atoms with E-state index in [0.717, 1.165) is 32.4 Å². The number of hydrogen-bond donors (Lipinski definition) is 1. The van der Waals surface area contributed by atoms with Crippen LogP contribution in [-0.2, 0) is 4.79 Å². The Morgan fingerprint density at radius 3 is 2.48 bits per heavy atom. The fourth-order valence-corrected chi connectivity index (χ4v) is 4.69. The van der Waals surface area contributed by atoms with Crippen LogP contribution in [0.15, 0.2) is 0 Å². The molecule has 1 N–H and O–H groups in total. The zero-order valence-electron chi connectivity index (χ0n) is 13.3. The van der Waals surface area contributed by atoms with Gasteiger partial charge in [-0.1, -0.05) is 13.3 Å². The Hall–Kier alpha value is -0.610. The summed E-state index contributed by atoms with van der Waals surface area (Å²) in [6.45, 7) is 6.98.